The average Bonchev–Trinajstić information content (AvgIpc) is 2.91. The van der Waals surface area contributed by atoms with E-state index in [9.17, 15) is 14.4 Å². The van der Waals surface area contributed by atoms with Crippen LogP contribution in [0.4, 0.5) is 10.5 Å². The fourth-order valence-electron chi connectivity index (χ4n) is 5.32. The van der Waals surface area contributed by atoms with Gasteiger partial charge in [0.1, 0.15) is 5.54 Å². The maximum atomic E-state index is 13.3. The van der Waals surface area contributed by atoms with Crippen molar-refractivity contribution in [2.24, 2.45) is 11.3 Å². The van der Waals surface area contributed by atoms with E-state index >= 15 is 0 Å². The van der Waals surface area contributed by atoms with Crippen molar-refractivity contribution >= 4 is 23.5 Å². The normalized spacial score (nSPS) is 24.9. The van der Waals surface area contributed by atoms with Crippen molar-refractivity contribution in [1.29, 1.82) is 0 Å². The summed E-state index contributed by atoms with van der Waals surface area (Å²) in [6, 6.07) is 15.9. The van der Waals surface area contributed by atoms with Gasteiger partial charge in [-0.05, 0) is 60.4 Å². The van der Waals surface area contributed by atoms with Gasteiger partial charge >= 0.3 is 6.03 Å². The van der Waals surface area contributed by atoms with Crippen LogP contribution in [0.1, 0.15) is 56.0 Å². The first kappa shape index (κ1) is 21.1. The van der Waals surface area contributed by atoms with E-state index in [1.807, 2.05) is 30.3 Å². The van der Waals surface area contributed by atoms with Crippen molar-refractivity contribution in [1.82, 2.24) is 10.2 Å². The highest BCUT2D eigenvalue weighted by atomic mass is 16.2. The Kier molecular flexibility index (Phi) is 5.33. The second kappa shape index (κ2) is 7.84. The Labute approximate surface area is 183 Å². The predicted molar refractivity (Wildman–Crippen MR) is 119 cm³/mol. The summed E-state index contributed by atoms with van der Waals surface area (Å²) in [6.45, 7) is 6.66. The second-order valence-corrected chi connectivity index (χ2v) is 9.78. The lowest BCUT2D eigenvalue weighted by atomic mass is 9.64. The van der Waals surface area contributed by atoms with E-state index in [2.05, 4.69) is 31.4 Å². The molecule has 1 saturated carbocycles. The van der Waals surface area contributed by atoms with E-state index in [4.69, 9.17) is 0 Å². The van der Waals surface area contributed by atoms with Crippen molar-refractivity contribution in [2.75, 3.05) is 5.32 Å². The summed E-state index contributed by atoms with van der Waals surface area (Å²) < 4.78 is 0. The van der Waals surface area contributed by atoms with Crippen molar-refractivity contribution in [3.05, 3.63) is 65.7 Å². The number of hydrogen-bond acceptors (Lipinski definition) is 3. The molecule has 1 aliphatic heterocycles. The van der Waals surface area contributed by atoms with Gasteiger partial charge in [0.2, 0.25) is 0 Å². The largest absolute Gasteiger partial charge is 0.325 e. The molecule has 2 aliphatic rings. The highest BCUT2D eigenvalue weighted by Gasteiger charge is 2.55. The standard InChI is InChI=1S/C25H29N3O3/c1-17-13-24(2,3)16-25(14-17)22(30)28(23(31)27-25)15-18-9-11-19(12-10-18)21(29)26-20-7-5-4-6-8-20/h4-12,17H,13-16H2,1-3H3,(H,26,29)(H,27,31)/t17-,25+/m1/s1. The molecule has 6 nitrogen and oxygen atoms in total. The summed E-state index contributed by atoms with van der Waals surface area (Å²) in [7, 11) is 0. The van der Waals surface area contributed by atoms with Crippen LogP contribution in [0, 0.1) is 11.3 Å². The summed E-state index contributed by atoms with van der Waals surface area (Å²) in [6.07, 6.45) is 2.38. The summed E-state index contributed by atoms with van der Waals surface area (Å²) >= 11 is 0. The van der Waals surface area contributed by atoms with E-state index in [0.717, 1.165) is 17.7 Å². The van der Waals surface area contributed by atoms with E-state index in [0.29, 0.717) is 24.3 Å². The van der Waals surface area contributed by atoms with Crippen molar-refractivity contribution in [3.8, 4) is 0 Å². The lowest BCUT2D eigenvalue weighted by Gasteiger charge is -2.43. The Morgan fingerprint density at radius 1 is 1.06 bits per heavy atom. The Balaban J connectivity index is 1.45. The summed E-state index contributed by atoms with van der Waals surface area (Å²) in [5.41, 5.74) is 1.26. The number of anilines is 1. The van der Waals surface area contributed by atoms with Crippen LogP contribution in [0.2, 0.25) is 0 Å². The van der Waals surface area contributed by atoms with Crippen molar-refractivity contribution in [3.63, 3.8) is 0 Å². The van der Waals surface area contributed by atoms with Gasteiger partial charge in [-0.1, -0.05) is 51.1 Å². The van der Waals surface area contributed by atoms with Gasteiger partial charge in [-0.2, -0.15) is 0 Å². The Morgan fingerprint density at radius 2 is 1.74 bits per heavy atom. The lowest BCUT2D eigenvalue weighted by molar-refractivity contribution is -0.135. The highest BCUT2D eigenvalue weighted by Crippen LogP contribution is 2.46. The zero-order valence-corrected chi connectivity index (χ0v) is 18.3. The van der Waals surface area contributed by atoms with Gasteiger partial charge in [0.25, 0.3) is 11.8 Å². The van der Waals surface area contributed by atoms with E-state index in [1.54, 1.807) is 24.3 Å². The number of nitrogens with one attached hydrogen (secondary N) is 2. The molecule has 0 aromatic heterocycles. The van der Waals surface area contributed by atoms with Gasteiger partial charge in [-0.15, -0.1) is 0 Å². The number of rotatable bonds is 4. The Hall–Kier alpha value is -3.15. The second-order valence-electron chi connectivity index (χ2n) is 9.78. The molecule has 0 bridgehead atoms. The van der Waals surface area contributed by atoms with Gasteiger partial charge in [0, 0.05) is 11.3 Å². The van der Waals surface area contributed by atoms with Gasteiger partial charge in [-0.25, -0.2) is 4.79 Å². The minimum Gasteiger partial charge on any atom is -0.323 e. The minimum atomic E-state index is -0.798. The molecule has 1 saturated heterocycles. The molecule has 31 heavy (non-hydrogen) atoms. The van der Waals surface area contributed by atoms with Gasteiger partial charge in [0.15, 0.2) is 0 Å². The summed E-state index contributed by atoms with van der Waals surface area (Å²) in [5, 5.41) is 5.85. The molecule has 162 valence electrons. The molecule has 2 N–H and O–H groups in total. The molecule has 2 aromatic rings. The molecule has 4 amide bonds. The third-order valence-corrected chi connectivity index (χ3v) is 6.21. The van der Waals surface area contributed by atoms with Gasteiger partial charge < -0.3 is 10.6 Å². The molecule has 6 heteroatoms. The van der Waals surface area contributed by atoms with Crippen LogP contribution in [0.3, 0.4) is 0 Å². The number of hydrogen-bond donors (Lipinski definition) is 2. The SMILES string of the molecule is C[C@@H]1CC(C)(C)C[C@]2(C1)NC(=O)N(Cc1ccc(C(=O)Nc3ccccc3)cc1)C2=O. The molecule has 4 rings (SSSR count). The first-order valence-electron chi connectivity index (χ1n) is 10.8. The number of para-hydroxylation sites is 1. The van der Waals surface area contributed by atoms with Crippen LogP contribution in [-0.4, -0.2) is 28.3 Å². The molecule has 1 spiro atoms. The van der Waals surface area contributed by atoms with Crippen molar-refractivity contribution in [2.45, 2.75) is 52.1 Å². The van der Waals surface area contributed by atoms with E-state index in [1.165, 1.54) is 4.90 Å². The first-order valence-corrected chi connectivity index (χ1v) is 10.8. The number of nitrogens with zero attached hydrogens (tertiary/aromatic N) is 1. The minimum absolute atomic E-state index is 0.00435. The quantitative estimate of drug-likeness (QED) is 0.712. The number of amides is 4. The molecule has 2 atom stereocenters. The van der Waals surface area contributed by atoms with Gasteiger partial charge in [-0.3, -0.25) is 14.5 Å². The number of imide groups is 1. The zero-order chi connectivity index (χ0) is 22.2. The Morgan fingerprint density at radius 3 is 2.39 bits per heavy atom. The van der Waals surface area contributed by atoms with Crippen LogP contribution in [0.15, 0.2) is 54.6 Å². The molecule has 1 aliphatic carbocycles. The monoisotopic (exact) mass is 419 g/mol. The number of carbonyl (C=O) groups excluding carboxylic acids is 3. The maximum Gasteiger partial charge on any atom is 0.325 e. The lowest BCUT2D eigenvalue weighted by Crippen LogP contribution is -2.54. The van der Waals surface area contributed by atoms with Crippen LogP contribution in [0.25, 0.3) is 0 Å². The fourth-order valence-corrected chi connectivity index (χ4v) is 5.32. The van der Waals surface area contributed by atoms with Crippen LogP contribution in [-0.2, 0) is 11.3 Å². The molecule has 2 fully saturated rings. The third-order valence-electron chi connectivity index (χ3n) is 6.21. The Bertz CT molecular complexity index is 1000. The summed E-state index contributed by atoms with van der Waals surface area (Å²) in [4.78, 5) is 39.7. The molecule has 0 unspecified atom stereocenters. The van der Waals surface area contributed by atoms with Gasteiger partial charge in [0.05, 0.1) is 6.54 Å². The first-order chi connectivity index (χ1) is 14.7. The van der Waals surface area contributed by atoms with E-state index < -0.39 is 5.54 Å². The summed E-state index contributed by atoms with van der Waals surface area (Å²) in [5.74, 6) is 0.0310. The highest BCUT2D eigenvalue weighted by molar-refractivity contribution is 6.07. The smallest absolute Gasteiger partial charge is 0.323 e. The third kappa shape index (κ3) is 4.33. The zero-order valence-electron chi connectivity index (χ0n) is 18.3. The number of carbonyl (C=O) groups is 3. The molecule has 1 heterocycles. The van der Waals surface area contributed by atoms with Crippen molar-refractivity contribution < 1.29 is 14.4 Å². The molecule has 2 aromatic carbocycles. The average molecular weight is 420 g/mol. The number of benzene rings is 2. The fraction of sp³-hybridized carbons (Fsp3) is 0.400. The van der Waals surface area contributed by atoms with Crippen LogP contribution < -0.4 is 10.6 Å². The molecular weight excluding hydrogens is 390 g/mol. The molecular formula is C25H29N3O3. The predicted octanol–water partition coefficient (Wildman–Crippen LogP) is 4.58. The number of urea groups is 1. The molecule has 0 radical (unpaired) electrons. The van der Waals surface area contributed by atoms with E-state index in [-0.39, 0.29) is 29.8 Å². The topological polar surface area (TPSA) is 78.5 Å². The van der Waals surface area contributed by atoms with Crippen LogP contribution >= 0.6 is 0 Å². The van der Waals surface area contributed by atoms with Crippen LogP contribution in [0.5, 0.6) is 0 Å². The maximum absolute atomic E-state index is 13.3.